The first-order valence-electron chi connectivity index (χ1n) is 7.96. The Kier molecular flexibility index (Phi) is 5.76. The van der Waals surface area contributed by atoms with Crippen molar-refractivity contribution in [2.45, 2.75) is 6.54 Å². The van der Waals surface area contributed by atoms with Crippen molar-refractivity contribution in [2.75, 3.05) is 5.32 Å². The Balaban J connectivity index is 1.64. The summed E-state index contributed by atoms with van der Waals surface area (Å²) in [7, 11) is 0. The highest BCUT2D eigenvalue weighted by Crippen LogP contribution is 2.18. The van der Waals surface area contributed by atoms with Crippen molar-refractivity contribution in [3.63, 3.8) is 0 Å². The van der Waals surface area contributed by atoms with Crippen molar-refractivity contribution >= 4 is 33.4 Å². The number of pyridine rings is 1. The van der Waals surface area contributed by atoms with E-state index in [0.717, 1.165) is 10.0 Å². The van der Waals surface area contributed by atoms with Crippen LogP contribution in [0.2, 0.25) is 0 Å². The Morgan fingerprint density at radius 1 is 0.962 bits per heavy atom. The van der Waals surface area contributed by atoms with Crippen molar-refractivity contribution in [2.24, 2.45) is 0 Å². The summed E-state index contributed by atoms with van der Waals surface area (Å²) in [6, 6.07) is 18.0. The Bertz CT molecular complexity index is 929. The Morgan fingerprint density at radius 2 is 1.81 bits per heavy atom. The highest BCUT2D eigenvalue weighted by Gasteiger charge is 2.10. The maximum atomic E-state index is 12.4. The summed E-state index contributed by atoms with van der Waals surface area (Å²) >= 11 is 3.37. The van der Waals surface area contributed by atoms with Gasteiger partial charge in [0.2, 0.25) is 0 Å². The second-order valence-corrected chi connectivity index (χ2v) is 6.41. The smallest absolute Gasteiger partial charge is 0.256 e. The van der Waals surface area contributed by atoms with Crippen molar-refractivity contribution in [3.8, 4) is 0 Å². The number of nitrogens with one attached hydrogen (secondary N) is 2. The Morgan fingerprint density at radius 3 is 2.58 bits per heavy atom. The van der Waals surface area contributed by atoms with E-state index in [1.54, 1.807) is 30.5 Å². The summed E-state index contributed by atoms with van der Waals surface area (Å²) in [5.41, 5.74) is 2.61. The summed E-state index contributed by atoms with van der Waals surface area (Å²) in [4.78, 5) is 28.4. The minimum Gasteiger partial charge on any atom is -0.348 e. The minimum atomic E-state index is -0.200. The van der Waals surface area contributed by atoms with Gasteiger partial charge in [0.25, 0.3) is 11.8 Å². The highest BCUT2D eigenvalue weighted by atomic mass is 79.9. The number of hydrogen-bond donors (Lipinski definition) is 2. The number of aromatic nitrogens is 1. The monoisotopic (exact) mass is 409 g/mol. The van der Waals surface area contributed by atoms with E-state index in [1.807, 2.05) is 36.4 Å². The van der Waals surface area contributed by atoms with Gasteiger partial charge in [-0.1, -0.05) is 24.3 Å². The summed E-state index contributed by atoms with van der Waals surface area (Å²) in [6.07, 6.45) is 3.14. The molecule has 3 aromatic rings. The van der Waals surface area contributed by atoms with Crippen molar-refractivity contribution < 1.29 is 9.59 Å². The zero-order valence-electron chi connectivity index (χ0n) is 13.8. The number of rotatable bonds is 5. The number of hydrogen-bond acceptors (Lipinski definition) is 3. The molecule has 2 amide bonds. The average molecular weight is 410 g/mol. The van der Waals surface area contributed by atoms with E-state index in [2.05, 4.69) is 31.5 Å². The predicted molar refractivity (Wildman–Crippen MR) is 104 cm³/mol. The van der Waals surface area contributed by atoms with E-state index in [9.17, 15) is 9.59 Å². The van der Waals surface area contributed by atoms with Gasteiger partial charge in [-0.05, 0) is 57.9 Å². The Hall–Kier alpha value is -2.99. The molecule has 2 N–H and O–H groups in total. The zero-order valence-corrected chi connectivity index (χ0v) is 15.4. The van der Waals surface area contributed by atoms with Gasteiger partial charge in [-0.15, -0.1) is 0 Å². The van der Waals surface area contributed by atoms with Crippen molar-refractivity contribution in [1.29, 1.82) is 0 Å². The van der Waals surface area contributed by atoms with Crippen LogP contribution < -0.4 is 10.6 Å². The van der Waals surface area contributed by atoms with E-state index in [0.29, 0.717) is 23.4 Å². The molecule has 0 saturated carbocycles. The van der Waals surface area contributed by atoms with Gasteiger partial charge in [0.15, 0.2) is 0 Å². The molecule has 0 unspecified atom stereocenters. The first-order valence-corrected chi connectivity index (χ1v) is 8.76. The highest BCUT2D eigenvalue weighted by molar-refractivity contribution is 9.10. The van der Waals surface area contributed by atoms with Gasteiger partial charge in [-0.3, -0.25) is 14.6 Å². The van der Waals surface area contributed by atoms with Crippen LogP contribution in [-0.2, 0) is 6.54 Å². The molecule has 0 saturated heterocycles. The fourth-order valence-corrected chi connectivity index (χ4v) is 2.85. The first-order chi connectivity index (χ1) is 12.6. The standard InChI is InChI=1S/C20H16BrN3O2/c21-18-9-2-1-8-17(18)20(26)24-16-7-3-5-14(11-16)12-23-19(25)15-6-4-10-22-13-15/h1-11,13H,12H2,(H,23,25)(H,24,26). The number of carbonyl (C=O) groups is 2. The summed E-state index contributed by atoms with van der Waals surface area (Å²) in [5.74, 6) is -0.394. The lowest BCUT2D eigenvalue weighted by Crippen LogP contribution is -2.23. The third kappa shape index (κ3) is 4.55. The van der Waals surface area contributed by atoms with Gasteiger partial charge in [0, 0.05) is 29.1 Å². The van der Waals surface area contributed by atoms with Crippen LogP contribution in [0, 0.1) is 0 Å². The average Bonchev–Trinajstić information content (AvgIpc) is 2.67. The van der Waals surface area contributed by atoms with Crippen molar-refractivity contribution in [1.82, 2.24) is 10.3 Å². The fraction of sp³-hybridized carbons (Fsp3) is 0.0500. The minimum absolute atomic E-state index is 0.194. The molecule has 0 fully saturated rings. The maximum Gasteiger partial charge on any atom is 0.256 e. The van der Waals surface area contributed by atoms with Crippen LogP contribution >= 0.6 is 15.9 Å². The molecular weight excluding hydrogens is 394 g/mol. The van der Waals surface area contributed by atoms with E-state index in [-0.39, 0.29) is 11.8 Å². The molecular formula is C20H16BrN3O2. The van der Waals surface area contributed by atoms with Gasteiger partial charge in [-0.2, -0.15) is 0 Å². The molecule has 1 aromatic heterocycles. The molecule has 0 bridgehead atoms. The molecule has 3 rings (SSSR count). The molecule has 0 radical (unpaired) electrons. The van der Waals surface area contributed by atoms with Crippen LogP contribution in [0.15, 0.2) is 77.5 Å². The first kappa shape index (κ1) is 17.8. The number of halogens is 1. The van der Waals surface area contributed by atoms with E-state index < -0.39 is 0 Å². The lowest BCUT2D eigenvalue weighted by atomic mass is 10.1. The third-order valence-electron chi connectivity index (χ3n) is 3.68. The normalized spacial score (nSPS) is 10.2. The van der Waals surface area contributed by atoms with E-state index in [1.165, 1.54) is 6.20 Å². The quantitative estimate of drug-likeness (QED) is 0.668. The summed E-state index contributed by atoms with van der Waals surface area (Å²) in [5, 5.41) is 5.70. The van der Waals surface area contributed by atoms with Crippen LogP contribution in [0.1, 0.15) is 26.3 Å². The number of benzene rings is 2. The number of anilines is 1. The topological polar surface area (TPSA) is 71.1 Å². The largest absolute Gasteiger partial charge is 0.348 e. The number of carbonyl (C=O) groups excluding carboxylic acids is 2. The molecule has 0 aliphatic carbocycles. The summed E-state index contributed by atoms with van der Waals surface area (Å²) < 4.78 is 0.734. The van der Waals surface area contributed by atoms with Crippen LogP contribution in [-0.4, -0.2) is 16.8 Å². The van der Waals surface area contributed by atoms with E-state index in [4.69, 9.17) is 0 Å². The summed E-state index contributed by atoms with van der Waals surface area (Å²) in [6.45, 7) is 0.354. The van der Waals surface area contributed by atoms with Crippen LogP contribution in [0.5, 0.6) is 0 Å². The molecule has 1 heterocycles. The van der Waals surface area contributed by atoms with Crippen LogP contribution in [0.25, 0.3) is 0 Å². The van der Waals surface area contributed by atoms with Gasteiger partial charge in [0.1, 0.15) is 0 Å². The lowest BCUT2D eigenvalue weighted by molar-refractivity contribution is 0.0949. The third-order valence-corrected chi connectivity index (χ3v) is 4.37. The van der Waals surface area contributed by atoms with Crippen LogP contribution in [0.4, 0.5) is 5.69 Å². The molecule has 0 spiro atoms. The molecule has 26 heavy (non-hydrogen) atoms. The second-order valence-electron chi connectivity index (χ2n) is 5.56. The maximum absolute atomic E-state index is 12.4. The fourth-order valence-electron chi connectivity index (χ4n) is 2.38. The molecule has 0 aliphatic heterocycles. The van der Waals surface area contributed by atoms with Gasteiger partial charge < -0.3 is 10.6 Å². The van der Waals surface area contributed by atoms with Gasteiger partial charge in [0.05, 0.1) is 11.1 Å². The SMILES string of the molecule is O=C(NCc1cccc(NC(=O)c2ccccc2Br)c1)c1cccnc1. The molecule has 2 aromatic carbocycles. The predicted octanol–water partition coefficient (Wildman–Crippen LogP) is 4.03. The second kappa shape index (κ2) is 8.40. The van der Waals surface area contributed by atoms with Gasteiger partial charge >= 0.3 is 0 Å². The Labute approximate surface area is 159 Å². The van der Waals surface area contributed by atoms with Crippen molar-refractivity contribution in [3.05, 3.63) is 94.2 Å². The van der Waals surface area contributed by atoms with Crippen LogP contribution in [0.3, 0.4) is 0 Å². The zero-order chi connectivity index (χ0) is 18.4. The molecule has 130 valence electrons. The lowest BCUT2D eigenvalue weighted by Gasteiger charge is -2.09. The molecule has 5 nitrogen and oxygen atoms in total. The van der Waals surface area contributed by atoms with E-state index >= 15 is 0 Å². The number of nitrogens with zero attached hydrogens (tertiary/aromatic N) is 1. The molecule has 6 heteroatoms. The molecule has 0 atom stereocenters. The van der Waals surface area contributed by atoms with Gasteiger partial charge in [-0.25, -0.2) is 0 Å². The molecule has 0 aliphatic rings. The number of amides is 2.